The van der Waals surface area contributed by atoms with Crippen molar-refractivity contribution in [1.82, 2.24) is 5.32 Å². The van der Waals surface area contributed by atoms with Crippen molar-refractivity contribution >= 4 is 0 Å². The van der Waals surface area contributed by atoms with Gasteiger partial charge in [-0.3, -0.25) is 0 Å². The molecule has 100 valence electrons. The van der Waals surface area contributed by atoms with Crippen LogP contribution in [0.15, 0.2) is 30.3 Å². The Labute approximate surface area is 112 Å². The minimum absolute atomic E-state index is 0.549. The Balaban J connectivity index is 1.93. The molecule has 1 nitrogen and oxygen atoms in total. The molecule has 0 bridgehead atoms. The predicted octanol–water partition coefficient (Wildman–Crippen LogP) is 4.70. The SMILES string of the molecule is CCCCCC(NC(C)C1CC1)c1ccccc1. The first-order valence-electron chi connectivity index (χ1n) is 7.62. The van der Waals surface area contributed by atoms with Gasteiger partial charge in [-0.2, -0.15) is 0 Å². The van der Waals surface area contributed by atoms with Crippen LogP contribution in [0.5, 0.6) is 0 Å². The van der Waals surface area contributed by atoms with Gasteiger partial charge in [-0.25, -0.2) is 0 Å². The van der Waals surface area contributed by atoms with E-state index in [2.05, 4.69) is 49.5 Å². The number of nitrogens with one attached hydrogen (secondary N) is 1. The fraction of sp³-hybridized carbons (Fsp3) is 0.647. The highest BCUT2D eigenvalue weighted by atomic mass is 15.0. The average Bonchev–Trinajstić information content (AvgIpc) is 3.23. The van der Waals surface area contributed by atoms with Gasteiger partial charge >= 0.3 is 0 Å². The quantitative estimate of drug-likeness (QED) is 0.655. The Morgan fingerprint density at radius 2 is 1.89 bits per heavy atom. The summed E-state index contributed by atoms with van der Waals surface area (Å²) in [5.41, 5.74) is 1.46. The zero-order chi connectivity index (χ0) is 12.8. The zero-order valence-corrected chi connectivity index (χ0v) is 11.9. The van der Waals surface area contributed by atoms with E-state index >= 15 is 0 Å². The van der Waals surface area contributed by atoms with Crippen molar-refractivity contribution in [1.29, 1.82) is 0 Å². The molecule has 0 aromatic heterocycles. The summed E-state index contributed by atoms with van der Waals surface area (Å²) in [6.07, 6.45) is 8.10. The van der Waals surface area contributed by atoms with Gasteiger partial charge < -0.3 is 5.32 Å². The molecule has 0 amide bonds. The number of hydrogen-bond donors (Lipinski definition) is 1. The monoisotopic (exact) mass is 245 g/mol. The lowest BCUT2D eigenvalue weighted by molar-refractivity contribution is 0.394. The molecule has 1 aliphatic carbocycles. The van der Waals surface area contributed by atoms with E-state index in [-0.39, 0.29) is 0 Å². The molecule has 2 atom stereocenters. The second-order valence-electron chi connectivity index (χ2n) is 5.75. The lowest BCUT2D eigenvalue weighted by Gasteiger charge is -2.24. The summed E-state index contributed by atoms with van der Waals surface area (Å²) in [5, 5.41) is 3.85. The van der Waals surface area contributed by atoms with Gasteiger partial charge in [0, 0.05) is 12.1 Å². The summed E-state index contributed by atoms with van der Waals surface area (Å²) in [4.78, 5) is 0. The van der Waals surface area contributed by atoms with Crippen LogP contribution in [0.25, 0.3) is 0 Å². The minimum Gasteiger partial charge on any atom is -0.307 e. The molecule has 0 aliphatic heterocycles. The molecule has 1 fully saturated rings. The third-order valence-electron chi connectivity index (χ3n) is 4.09. The van der Waals surface area contributed by atoms with Gasteiger partial charge in [0.05, 0.1) is 0 Å². The largest absolute Gasteiger partial charge is 0.307 e. The van der Waals surface area contributed by atoms with Crippen LogP contribution < -0.4 is 5.32 Å². The summed E-state index contributed by atoms with van der Waals surface area (Å²) in [6.45, 7) is 4.63. The molecule has 1 aromatic rings. The average molecular weight is 245 g/mol. The molecule has 0 radical (unpaired) electrons. The topological polar surface area (TPSA) is 12.0 Å². The van der Waals surface area contributed by atoms with Crippen LogP contribution in [-0.4, -0.2) is 6.04 Å². The second-order valence-corrected chi connectivity index (χ2v) is 5.75. The second kappa shape index (κ2) is 6.94. The van der Waals surface area contributed by atoms with Crippen molar-refractivity contribution in [3.63, 3.8) is 0 Å². The van der Waals surface area contributed by atoms with Crippen molar-refractivity contribution < 1.29 is 0 Å². The van der Waals surface area contributed by atoms with E-state index in [1.807, 2.05) is 0 Å². The fourth-order valence-corrected chi connectivity index (χ4v) is 2.68. The molecule has 2 unspecified atom stereocenters. The lowest BCUT2D eigenvalue weighted by Crippen LogP contribution is -2.32. The lowest BCUT2D eigenvalue weighted by atomic mass is 9.99. The molecule has 0 saturated heterocycles. The first kappa shape index (κ1) is 13.6. The van der Waals surface area contributed by atoms with Crippen LogP contribution in [0.4, 0.5) is 0 Å². The number of hydrogen-bond acceptors (Lipinski definition) is 1. The molecule has 0 spiro atoms. The summed E-state index contributed by atoms with van der Waals surface area (Å²) in [7, 11) is 0. The number of benzene rings is 1. The predicted molar refractivity (Wildman–Crippen MR) is 78.6 cm³/mol. The molecule has 1 N–H and O–H groups in total. The maximum absolute atomic E-state index is 3.85. The van der Waals surface area contributed by atoms with Gasteiger partial charge in [-0.1, -0.05) is 56.5 Å². The van der Waals surface area contributed by atoms with Gasteiger partial charge in [0.2, 0.25) is 0 Å². The van der Waals surface area contributed by atoms with Crippen LogP contribution in [0.1, 0.15) is 64.0 Å². The Hall–Kier alpha value is -0.820. The molecule has 0 heterocycles. The van der Waals surface area contributed by atoms with Crippen LogP contribution >= 0.6 is 0 Å². The summed E-state index contributed by atoms with van der Waals surface area (Å²) in [5.74, 6) is 0.933. The Morgan fingerprint density at radius 3 is 2.50 bits per heavy atom. The summed E-state index contributed by atoms with van der Waals surface area (Å²) in [6, 6.07) is 12.2. The van der Waals surface area contributed by atoms with Gasteiger partial charge in [-0.05, 0) is 37.7 Å². The molecule has 1 heteroatoms. The molecular formula is C17H27N. The van der Waals surface area contributed by atoms with Crippen LogP contribution in [0.2, 0.25) is 0 Å². The maximum Gasteiger partial charge on any atom is 0.0322 e. The zero-order valence-electron chi connectivity index (χ0n) is 11.9. The van der Waals surface area contributed by atoms with Crippen molar-refractivity contribution in [2.75, 3.05) is 0 Å². The highest BCUT2D eigenvalue weighted by Gasteiger charge is 2.29. The molecule has 1 saturated carbocycles. The fourth-order valence-electron chi connectivity index (χ4n) is 2.68. The minimum atomic E-state index is 0.549. The van der Waals surface area contributed by atoms with Gasteiger partial charge in [0.1, 0.15) is 0 Å². The standard InChI is InChI=1S/C17H27N/c1-3-4-6-11-17(16-9-7-5-8-10-16)18-14(2)15-12-13-15/h5,7-10,14-15,17-18H,3-4,6,11-13H2,1-2H3. The van der Waals surface area contributed by atoms with E-state index in [9.17, 15) is 0 Å². The third-order valence-corrected chi connectivity index (χ3v) is 4.09. The van der Waals surface area contributed by atoms with Crippen LogP contribution in [0.3, 0.4) is 0 Å². The normalized spacial score (nSPS) is 18.6. The van der Waals surface area contributed by atoms with Crippen molar-refractivity contribution in [3.05, 3.63) is 35.9 Å². The van der Waals surface area contributed by atoms with Gasteiger partial charge in [0.15, 0.2) is 0 Å². The van der Waals surface area contributed by atoms with Crippen molar-refractivity contribution in [2.45, 2.75) is 64.5 Å². The Morgan fingerprint density at radius 1 is 1.17 bits per heavy atom. The first-order chi connectivity index (χ1) is 8.81. The van der Waals surface area contributed by atoms with Crippen LogP contribution in [0, 0.1) is 5.92 Å². The summed E-state index contributed by atoms with van der Waals surface area (Å²) < 4.78 is 0. The number of unbranched alkanes of at least 4 members (excludes halogenated alkanes) is 2. The summed E-state index contributed by atoms with van der Waals surface area (Å²) >= 11 is 0. The molecule has 18 heavy (non-hydrogen) atoms. The highest BCUT2D eigenvalue weighted by Crippen LogP contribution is 2.34. The maximum atomic E-state index is 3.85. The molecule has 1 aliphatic rings. The van der Waals surface area contributed by atoms with E-state index in [1.54, 1.807) is 0 Å². The van der Waals surface area contributed by atoms with Crippen molar-refractivity contribution in [3.8, 4) is 0 Å². The Bertz CT molecular complexity index is 329. The number of rotatable bonds is 8. The third kappa shape index (κ3) is 4.13. The van der Waals surface area contributed by atoms with Gasteiger partial charge in [-0.15, -0.1) is 0 Å². The molecular weight excluding hydrogens is 218 g/mol. The van der Waals surface area contributed by atoms with Gasteiger partial charge in [0.25, 0.3) is 0 Å². The molecule has 2 rings (SSSR count). The smallest absolute Gasteiger partial charge is 0.0322 e. The van der Waals surface area contributed by atoms with E-state index in [0.29, 0.717) is 12.1 Å². The molecule has 1 aromatic carbocycles. The van der Waals surface area contributed by atoms with Crippen molar-refractivity contribution in [2.24, 2.45) is 5.92 Å². The first-order valence-corrected chi connectivity index (χ1v) is 7.62. The van der Waals surface area contributed by atoms with Crippen LogP contribution in [-0.2, 0) is 0 Å². The van der Waals surface area contributed by atoms with E-state index in [4.69, 9.17) is 0 Å². The van der Waals surface area contributed by atoms with E-state index in [1.165, 1.54) is 44.1 Å². The Kier molecular flexibility index (Phi) is 5.25. The van der Waals surface area contributed by atoms with E-state index < -0.39 is 0 Å². The highest BCUT2D eigenvalue weighted by molar-refractivity contribution is 5.19. The van der Waals surface area contributed by atoms with E-state index in [0.717, 1.165) is 5.92 Å².